The lowest BCUT2D eigenvalue weighted by molar-refractivity contribution is 0.243. The normalized spacial score (nSPS) is 10.5. The number of benzene rings is 2. The van der Waals surface area contributed by atoms with Crippen molar-refractivity contribution in [2.24, 2.45) is 0 Å². The van der Waals surface area contributed by atoms with E-state index in [0.29, 0.717) is 45.3 Å². The maximum atomic E-state index is 6.06. The van der Waals surface area contributed by atoms with Crippen LogP contribution in [-0.2, 0) is 6.61 Å². The SMILES string of the molecule is COc1ccc(-c2noc(COc3ccccc3Cl)n2)c(OC)c1OC. The molecule has 0 bridgehead atoms. The molecular formula is C18H17ClN2O5. The van der Waals surface area contributed by atoms with Crippen molar-refractivity contribution in [1.82, 2.24) is 10.1 Å². The summed E-state index contributed by atoms with van der Waals surface area (Å²) in [5.41, 5.74) is 0.609. The molecule has 0 radical (unpaired) electrons. The van der Waals surface area contributed by atoms with Gasteiger partial charge in [-0.1, -0.05) is 28.9 Å². The predicted molar refractivity (Wildman–Crippen MR) is 95.2 cm³/mol. The number of aromatic nitrogens is 2. The van der Waals surface area contributed by atoms with E-state index in [1.54, 1.807) is 31.4 Å². The molecule has 8 heteroatoms. The molecule has 0 saturated heterocycles. The quantitative estimate of drug-likeness (QED) is 0.617. The van der Waals surface area contributed by atoms with Gasteiger partial charge in [-0.2, -0.15) is 4.98 Å². The zero-order chi connectivity index (χ0) is 18.5. The van der Waals surface area contributed by atoms with Crippen LogP contribution in [0.5, 0.6) is 23.0 Å². The van der Waals surface area contributed by atoms with Crippen LogP contribution in [0.15, 0.2) is 40.9 Å². The summed E-state index contributed by atoms with van der Waals surface area (Å²) < 4.78 is 26.9. The van der Waals surface area contributed by atoms with Crippen molar-refractivity contribution in [3.05, 3.63) is 47.3 Å². The Balaban J connectivity index is 1.85. The van der Waals surface area contributed by atoms with Crippen LogP contribution in [0, 0.1) is 0 Å². The number of para-hydroxylation sites is 1. The van der Waals surface area contributed by atoms with E-state index in [0.717, 1.165) is 0 Å². The van der Waals surface area contributed by atoms with E-state index in [2.05, 4.69) is 10.1 Å². The number of methoxy groups -OCH3 is 3. The molecule has 1 heterocycles. The molecule has 7 nitrogen and oxygen atoms in total. The van der Waals surface area contributed by atoms with Crippen LogP contribution in [0.4, 0.5) is 0 Å². The van der Waals surface area contributed by atoms with Crippen molar-refractivity contribution in [3.63, 3.8) is 0 Å². The van der Waals surface area contributed by atoms with Crippen LogP contribution in [0.2, 0.25) is 5.02 Å². The van der Waals surface area contributed by atoms with Crippen molar-refractivity contribution in [2.45, 2.75) is 6.61 Å². The van der Waals surface area contributed by atoms with Gasteiger partial charge in [-0.25, -0.2) is 0 Å². The molecule has 2 aromatic carbocycles. The van der Waals surface area contributed by atoms with Crippen LogP contribution in [0.1, 0.15) is 5.89 Å². The third kappa shape index (κ3) is 3.52. The summed E-state index contributed by atoms with van der Waals surface area (Å²) in [5.74, 6) is 2.63. The molecular weight excluding hydrogens is 360 g/mol. The lowest BCUT2D eigenvalue weighted by Crippen LogP contribution is -1.98. The van der Waals surface area contributed by atoms with E-state index in [1.165, 1.54) is 14.2 Å². The maximum absolute atomic E-state index is 6.06. The number of halogens is 1. The molecule has 0 aliphatic heterocycles. The maximum Gasteiger partial charge on any atom is 0.264 e. The summed E-state index contributed by atoms with van der Waals surface area (Å²) in [7, 11) is 4.61. The Morgan fingerprint density at radius 1 is 0.923 bits per heavy atom. The van der Waals surface area contributed by atoms with Gasteiger partial charge in [-0.3, -0.25) is 0 Å². The highest BCUT2D eigenvalue weighted by Crippen LogP contribution is 2.43. The smallest absolute Gasteiger partial charge is 0.264 e. The number of nitrogens with zero attached hydrogens (tertiary/aromatic N) is 2. The Bertz CT molecular complexity index is 897. The van der Waals surface area contributed by atoms with Gasteiger partial charge in [0.15, 0.2) is 18.1 Å². The van der Waals surface area contributed by atoms with E-state index in [1.807, 2.05) is 12.1 Å². The molecule has 0 fully saturated rings. The van der Waals surface area contributed by atoms with Gasteiger partial charge in [0.1, 0.15) is 5.75 Å². The third-order valence-corrected chi connectivity index (χ3v) is 3.91. The van der Waals surface area contributed by atoms with Gasteiger partial charge >= 0.3 is 0 Å². The Morgan fingerprint density at radius 3 is 2.38 bits per heavy atom. The zero-order valence-electron chi connectivity index (χ0n) is 14.5. The summed E-state index contributed by atoms with van der Waals surface area (Å²) in [5, 5.41) is 4.49. The lowest BCUT2D eigenvalue weighted by atomic mass is 10.1. The molecule has 0 unspecified atom stereocenters. The minimum absolute atomic E-state index is 0.0896. The molecule has 0 spiro atoms. The number of ether oxygens (including phenoxy) is 4. The summed E-state index contributed by atoms with van der Waals surface area (Å²) in [4.78, 5) is 4.34. The van der Waals surface area contributed by atoms with Crippen molar-refractivity contribution in [3.8, 4) is 34.4 Å². The molecule has 0 atom stereocenters. The van der Waals surface area contributed by atoms with Gasteiger partial charge < -0.3 is 23.5 Å². The number of hydrogen-bond acceptors (Lipinski definition) is 7. The predicted octanol–water partition coefficient (Wildman–Crippen LogP) is 3.99. The van der Waals surface area contributed by atoms with Crippen LogP contribution >= 0.6 is 11.6 Å². The average molecular weight is 377 g/mol. The Kier molecular flexibility index (Phi) is 5.48. The summed E-state index contributed by atoms with van der Waals surface area (Å²) >= 11 is 6.06. The van der Waals surface area contributed by atoms with E-state index in [-0.39, 0.29) is 6.61 Å². The van der Waals surface area contributed by atoms with E-state index < -0.39 is 0 Å². The molecule has 0 saturated carbocycles. The monoisotopic (exact) mass is 376 g/mol. The topological polar surface area (TPSA) is 75.8 Å². The highest BCUT2D eigenvalue weighted by molar-refractivity contribution is 6.32. The first-order valence-electron chi connectivity index (χ1n) is 7.67. The number of rotatable bonds is 7. The molecule has 0 amide bonds. The van der Waals surface area contributed by atoms with Crippen LogP contribution in [0.3, 0.4) is 0 Å². The van der Waals surface area contributed by atoms with E-state index >= 15 is 0 Å². The minimum atomic E-state index is 0.0896. The van der Waals surface area contributed by atoms with Crippen molar-refractivity contribution < 1.29 is 23.5 Å². The van der Waals surface area contributed by atoms with Gasteiger partial charge in [0.2, 0.25) is 11.6 Å². The van der Waals surface area contributed by atoms with Crippen molar-refractivity contribution in [2.75, 3.05) is 21.3 Å². The van der Waals surface area contributed by atoms with Gasteiger partial charge in [0.25, 0.3) is 5.89 Å². The second kappa shape index (κ2) is 7.97. The second-order valence-electron chi connectivity index (χ2n) is 5.11. The third-order valence-electron chi connectivity index (χ3n) is 3.60. The molecule has 3 aromatic rings. The number of hydrogen-bond donors (Lipinski definition) is 0. The van der Waals surface area contributed by atoms with Crippen LogP contribution in [-0.4, -0.2) is 31.5 Å². The molecule has 1 aromatic heterocycles. The fraction of sp³-hybridized carbons (Fsp3) is 0.222. The van der Waals surface area contributed by atoms with Gasteiger partial charge in [0.05, 0.1) is 31.9 Å². The Hall–Kier alpha value is -2.93. The highest BCUT2D eigenvalue weighted by Gasteiger charge is 2.20. The van der Waals surface area contributed by atoms with Gasteiger partial charge in [-0.05, 0) is 24.3 Å². The molecule has 3 rings (SSSR count). The molecule has 0 aliphatic carbocycles. The van der Waals surface area contributed by atoms with Gasteiger partial charge in [0, 0.05) is 0 Å². The lowest BCUT2D eigenvalue weighted by Gasteiger charge is -2.13. The van der Waals surface area contributed by atoms with Crippen LogP contribution < -0.4 is 18.9 Å². The van der Waals surface area contributed by atoms with Gasteiger partial charge in [-0.15, -0.1) is 0 Å². The fourth-order valence-electron chi connectivity index (χ4n) is 2.40. The minimum Gasteiger partial charge on any atom is -0.493 e. The summed E-state index contributed by atoms with van der Waals surface area (Å²) in [6, 6.07) is 10.7. The van der Waals surface area contributed by atoms with Crippen molar-refractivity contribution >= 4 is 11.6 Å². The second-order valence-corrected chi connectivity index (χ2v) is 5.52. The summed E-state index contributed by atoms with van der Waals surface area (Å²) in [6.45, 7) is 0.0896. The van der Waals surface area contributed by atoms with Crippen LogP contribution in [0.25, 0.3) is 11.4 Å². The zero-order valence-corrected chi connectivity index (χ0v) is 15.2. The highest BCUT2D eigenvalue weighted by atomic mass is 35.5. The molecule has 0 N–H and O–H groups in total. The van der Waals surface area contributed by atoms with Crippen molar-refractivity contribution in [1.29, 1.82) is 0 Å². The first-order chi connectivity index (χ1) is 12.7. The molecule has 26 heavy (non-hydrogen) atoms. The van der Waals surface area contributed by atoms with E-state index in [9.17, 15) is 0 Å². The molecule has 136 valence electrons. The van der Waals surface area contributed by atoms with E-state index in [4.69, 9.17) is 35.1 Å². The largest absolute Gasteiger partial charge is 0.493 e. The fourth-order valence-corrected chi connectivity index (χ4v) is 2.59. The molecule has 0 aliphatic rings. The standard InChI is InChI=1S/C18H17ClN2O5/c1-22-14-9-8-11(16(23-2)17(14)24-3)18-20-15(26-21-18)10-25-13-7-5-4-6-12(13)19/h4-9H,10H2,1-3H3. The average Bonchev–Trinajstić information content (AvgIpc) is 3.14. The first-order valence-corrected chi connectivity index (χ1v) is 8.05. The first kappa shape index (κ1) is 17.9. The Labute approximate surface area is 155 Å². The summed E-state index contributed by atoms with van der Waals surface area (Å²) in [6.07, 6.45) is 0. The Morgan fingerprint density at radius 2 is 1.69 bits per heavy atom.